The predicted octanol–water partition coefficient (Wildman–Crippen LogP) is 13.8. The first-order chi connectivity index (χ1) is 25.2. The van der Waals surface area contributed by atoms with Crippen LogP contribution in [0.2, 0.25) is 0 Å². The average Bonchev–Trinajstić information content (AvgIpc) is 3.88. The van der Waals surface area contributed by atoms with Gasteiger partial charge in [0.2, 0.25) is 0 Å². The van der Waals surface area contributed by atoms with Gasteiger partial charge in [-0.1, -0.05) is 121 Å². The van der Waals surface area contributed by atoms with Crippen molar-refractivity contribution in [3.8, 4) is 44.5 Å². The Balaban J connectivity index is 0.981. The summed E-state index contributed by atoms with van der Waals surface area (Å²) in [5.74, 6) is 0. The summed E-state index contributed by atoms with van der Waals surface area (Å²) in [5.41, 5.74) is 15.1. The molecule has 3 nitrogen and oxygen atoms in total. The van der Waals surface area contributed by atoms with Gasteiger partial charge in [0, 0.05) is 49.0 Å². The van der Waals surface area contributed by atoms with Gasteiger partial charge in [0.05, 0.1) is 5.52 Å². The molecule has 3 heteroatoms. The van der Waals surface area contributed by atoms with Crippen molar-refractivity contribution < 1.29 is 8.83 Å². The monoisotopic (exact) mass is 651 g/mol. The molecule has 51 heavy (non-hydrogen) atoms. The Hall–Kier alpha value is -6.84. The highest BCUT2D eigenvalue weighted by Crippen LogP contribution is 2.40. The van der Waals surface area contributed by atoms with E-state index in [-0.39, 0.29) is 0 Å². The van der Waals surface area contributed by atoms with Crippen LogP contribution in [0.15, 0.2) is 179 Å². The first kappa shape index (κ1) is 28.0. The highest BCUT2D eigenvalue weighted by molar-refractivity contribution is 6.14. The number of para-hydroxylation sites is 4. The number of hydrogen-bond acceptors (Lipinski definition) is 2. The van der Waals surface area contributed by atoms with E-state index < -0.39 is 0 Å². The van der Waals surface area contributed by atoms with Crippen LogP contribution in [0.25, 0.3) is 110 Å². The topological polar surface area (TPSA) is 42.1 Å². The molecule has 3 aromatic heterocycles. The van der Waals surface area contributed by atoms with Gasteiger partial charge in [0.15, 0.2) is 0 Å². The van der Waals surface area contributed by atoms with Gasteiger partial charge in [-0.15, -0.1) is 0 Å². The number of hydrogen-bond donors (Lipinski definition) is 1. The number of benzene rings is 8. The van der Waals surface area contributed by atoms with Gasteiger partial charge in [0.1, 0.15) is 22.3 Å². The Bertz CT molecular complexity index is 3150. The summed E-state index contributed by atoms with van der Waals surface area (Å²) >= 11 is 0. The minimum Gasteiger partial charge on any atom is -0.456 e. The zero-order valence-corrected chi connectivity index (χ0v) is 27.5. The van der Waals surface area contributed by atoms with Gasteiger partial charge >= 0.3 is 0 Å². The zero-order valence-electron chi connectivity index (χ0n) is 27.5. The highest BCUT2D eigenvalue weighted by atomic mass is 16.3. The summed E-state index contributed by atoms with van der Waals surface area (Å²) in [4.78, 5) is 3.76. The summed E-state index contributed by atoms with van der Waals surface area (Å²) in [7, 11) is 0. The van der Waals surface area contributed by atoms with Crippen LogP contribution in [-0.4, -0.2) is 4.98 Å². The van der Waals surface area contributed by atoms with Crippen molar-refractivity contribution in [3.63, 3.8) is 0 Å². The van der Waals surface area contributed by atoms with Crippen molar-refractivity contribution in [2.45, 2.75) is 0 Å². The fourth-order valence-corrected chi connectivity index (χ4v) is 7.95. The first-order valence-corrected chi connectivity index (χ1v) is 17.3. The smallest absolute Gasteiger partial charge is 0.143 e. The van der Waals surface area contributed by atoms with E-state index in [1.807, 2.05) is 24.3 Å². The van der Waals surface area contributed by atoms with Crippen molar-refractivity contribution in [1.29, 1.82) is 0 Å². The Kier molecular flexibility index (Phi) is 5.96. The Morgan fingerprint density at radius 1 is 0.314 bits per heavy atom. The van der Waals surface area contributed by atoms with E-state index in [0.717, 1.165) is 77.2 Å². The second-order valence-corrected chi connectivity index (χ2v) is 13.4. The molecular formula is C48H29NO2. The fourth-order valence-electron chi connectivity index (χ4n) is 7.95. The standard InChI is InChI=1S/C48H29NO2/c1-3-19-44-37(13-1)39-23-21-32(28-46(39)50-44)30-10-5-9-29(25-30)31-11-6-12-33(26-31)35-15-7-17-40-42-27-34(22-24-43(42)49-47(35)40)36-16-8-18-41-38-14-2-4-20-45(38)51-48(36)41/h1-28,49H. The molecule has 0 spiro atoms. The maximum absolute atomic E-state index is 6.39. The number of fused-ring (bicyclic) bond motifs is 9. The van der Waals surface area contributed by atoms with Crippen molar-refractivity contribution >= 4 is 65.7 Å². The normalized spacial score (nSPS) is 11.9. The summed E-state index contributed by atoms with van der Waals surface area (Å²) in [6, 6.07) is 60.4. The molecule has 0 aliphatic rings. The molecule has 1 N–H and O–H groups in total. The number of rotatable bonds is 4. The highest BCUT2D eigenvalue weighted by Gasteiger charge is 2.16. The molecule has 0 fully saturated rings. The third-order valence-corrected chi connectivity index (χ3v) is 10.4. The lowest BCUT2D eigenvalue weighted by molar-refractivity contribution is 0.669. The lowest BCUT2D eigenvalue weighted by Gasteiger charge is -2.09. The molecule has 11 aromatic rings. The average molecular weight is 652 g/mol. The number of H-pyrrole nitrogens is 1. The lowest BCUT2D eigenvalue weighted by atomic mass is 9.95. The molecule has 11 rings (SSSR count). The van der Waals surface area contributed by atoms with Gasteiger partial charge in [-0.25, -0.2) is 0 Å². The molecule has 0 aliphatic heterocycles. The molecule has 0 bridgehead atoms. The Morgan fingerprint density at radius 3 is 1.67 bits per heavy atom. The van der Waals surface area contributed by atoms with Crippen LogP contribution < -0.4 is 0 Å². The molecule has 0 radical (unpaired) electrons. The summed E-state index contributed by atoms with van der Waals surface area (Å²) in [6.45, 7) is 0. The lowest BCUT2D eigenvalue weighted by Crippen LogP contribution is -1.84. The van der Waals surface area contributed by atoms with Crippen LogP contribution in [-0.2, 0) is 0 Å². The molecule has 0 saturated heterocycles. The zero-order chi connectivity index (χ0) is 33.5. The van der Waals surface area contributed by atoms with Gasteiger partial charge in [-0.3, -0.25) is 0 Å². The van der Waals surface area contributed by atoms with Crippen LogP contribution >= 0.6 is 0 Å². The maximum Gasteiger partial charge on any atom is 0.143 e. The van der Waals surface area contributed by atoms with Crippen LogP contribution in [0.1, 0.15) is 0 Å². The predicted molar refractivity (Wildman–Crippen MR) is 212 cm³/mol. The SMILES string of the molecule is c1cc(-c2cccc(-c3cccc4c3[nH]c3ccc(-c5cccc6c5oc5ccccc56)cc34)c2)cc(-c2ccc3c(c2)oc2ccccc23)c1. The van der Waals surface area contributed by atoms with E-state index in [0.29, 0.717) is 0 Å². The minimum atomic E-state index is 0.909. The van der Waals surface area contributed by atoms with E-state index in [9.17, 15) is 0 Å². The number of furan rings is 2. The molecule has 0 saturated carbocycles. The molecule has 0 unspecified atom stereocenters. The summed E-state index contributed by atoms with van der Waals surface area (Å²) < 4.78 is 12.6. The number of aromatic amines is 1. The first-order valence-electron chi connectivity index (χ1n) is 17.3. The third-order valence-electron chi connectivity index (χ3n) is 10.4. The van der Waals surface area contributed by atoms with E-state index in [1.165, 1.54) is 33.0 Å². The molecule has 0 amide bonds. The fraction of sp³-hybridized carbons (Fsp3) is 0. The van der Waals surface area contributed by atoms with Gasteiger partial charge in [-0.05, 0) is 81.9 Å². The van der Waals surface area contributed by atoms with Crippen LogP contribution in [0, 0.1) is 0 Å². The minimum absolute atomic E-state index is 0.909. The van der Waals surface area contributed by atoms with E-state index in [2.05, 4.69) is 151 Å². The maximum atomic E-state index is 6.39. The molecule has 0 aliphatic carbocycles. The van der Waals surface area contributed by atoms with Gasteiger partial charge in [-0.2, -0.15) is 0 Å². The third kappa shape index (κ3) is 4.38. The second kappa shape index (κ2) is 10.8. The van der Waals surface area contributed by atoms with E-state index in [1.54, 1.807) is 0 Å². The van der Waals surface area contributed by atoms with Crippen molar-refractivity contribution in [1.82, 2.24) is 4.98 Å². The van der Waals surface area contributed by atoms with Crippen molar-refractivity contribution in [2.75, 3.05) is 0 Å². The van der Waals surface area contributed by atoms with Crippen LogP contribution in [0.5, 0.6) is 0 Å². The van der Waals surface area contributed by atoms with E-state index >= 15 is 0 Å². The molecule has 0 atom stereocenters. The number of aromatic nitrogens is 1. The van der Waals surface area contributed by atoms with Gasteiger partial charge < -0.3 is 13.8 Å². The quantitative estimate of drug-likeness (QED) is 0.206. The molecule has 3 heterocycles. The van der Waals surface area contributed by atoms with Crippen LogP contribution in [0.3, 0.4) is 0 Å². The largest absolute Gasteiger partial charge is 0.456 e. The number of nitrogens with one attached hydrogen (secondary N) is 1. The molecule has 238 valence electrons. The Labute approximate surface area is 293 Å². The van der Waals surface area contributed by atoms with Crippen molar-refractivity contribution in [2.24, 2.45) is 0 Å². The van der Waals surface area contributed by atoms with Crippen molar-refractivity contribution in [3.05, 3.63) is 170 Å². The van der Waals surface area contributed by atoms with E-state index in [4.69, 9.17) is 8.83 Å². The molecule has 8 aromatic carbocycles. The summed E-state index contributed by atoms with van der Waals surface area (Å²) in [6.07, 6.45) is 0. The summed E-state index contributed by atoms with van der Waals surface area (Å²) in [5, 5.41) is 6.98. The second-order valence-electron chi connectivity index (χ2n) is 13.4. The molecular weight excluding hydrogens is 623 g/mol. The Morgan fingerprint density at radius 2 is 0.863 bits per heavy atom. The van der Waals surface area contributed by atoms with Crippen LogP contribution in [0.4, 0.5) is 0 Å². The van der Waals surface area contributed by atoms with Gasteiger partial charge in [0.25, 0.3) is 0 Å².